The third-order valence-electron chi connectivity index (χ3n) is 2.72. The van der Waals surface area contributed by atoms with Gasteiger partial charge in [-0.2, -0.15) is 11.8 Å². The SMILES string of the molecule is CSCCN(C)c1ccc([C@@H](C)O)cc1[N+](=O)[O-]. The van der Waals surface area contributed by atoms with Gasteiger partial charge in [0.15, 0.2) is 0 Å². The van der Waals surface area contributed by atoms with Gasteiger partial charge in [-0.3, -0.25) is 10.1 Å². The van der Waals surface area contributed by atoms with Crippen LogP contribution in [-0.4, -0.2) is 35.6 Å². The molecule has 6 heteroatoms. The minimum Gasteiger partial charge on any atom is -0.389 e. The minimum absolute atomic E-state index is 0.0389. The van der Waals surface area contributed by atoms with Crippen LogP contribution in [0.2, 0.25) is 0 Å². The molecule has 0 aliphatic rings. The van der Waals surface area contributed by atoms with Crippen LogP contribution in [0.4, 0.5) is 11.4 Å². The number of aliphatic hydroxyl groups is 1. The zero-order valence-corrected chi connectivity index (χ0v) is 11.6. The summed E-state index contributed by atoms with van der Waals surface area (Å²) in [6.45, 7) is 2.34. The first-order valence-electron chi connectivity index (χ1n) is 5.63. The smallest absolute Gasteiger partial charge is 0.292 e. The molecular formula is C12H18N2O3S. The molecule has 0 aliphatic carbocycles. The normalized spacial score (nSPS) is 12.2. The largest absolute Gasteiger partial charge is 0.389 e. The third kappa shape index (κ3) is 3.61. The molecule has 1 atom stereocenters. The fourth-order valence-electron chi connectivity index (χ4n) is 1.62. The Morgan fingerprint density at radius 2 is 2.22 bits per heavy atom. The van der Waals surface area contributed by atoms with Gasteiger partial charge in [0, 0.05) is 25.4 Å². The van der Waals surface area contributed by atoms with E-state index in [1.807, 2.05) is 18.2 Å². The highest BCUT2D eigenvalue weighted by Gasteiger charge is 2.18. The number of rotatable bonds is 6. The molecule has 0 spiro atoms. The van der Waals surface area contributed by atoms with Crippen molar-refractivity contribution in [3.05, 3.63) is 33.9 Å². The van der Waals surface area contributed by atoms with E-state index in [1.165, 1.54) is 6.07 Å². The molecule has 100 valence electrons. The van der Waals surface area contributed by atoms with Crippen LogP contribution in [-0.2, 0) is 0 Å². The molecule has 1 aromatic carbocycles. The number of aliphatic hydroxyl groups excluding tert-OH is 1. The summed E-state index contributed by atoms with van der Waals surface area (Å²) in [6, 6.07) is 4.86. The Morgan fingerprint density at radius 1 is 1.56 bits per heavy atom. The fourth-order valence-corrected chi connectivity index (χ4v) is 2.07. The second-order valence-corrected chi connectivity index (χ2v) is 5.08. The number of anilines is 1. The Balaban J connectivity index is 3.07. The lowest BCUT2D eigenvalue weighted by molar-refractivity contribution is -0.384. The molecule has 18 heavy (non-hydrogen) atoms. The van der Waals surface area contributed by atoms with Crippen LogP contribution in [0, 0.1) is 10.1 Å². The van der Waals surface area contributed by atoms with Gasteiger partial charge in [0.2, 0.25) is 0 Å². The maximum Gasteiger partial charge on any atom is 0.292 e. The van der Waals surface area contributed by atoms with E-state index >= 15 is 0 Å². The van der Waals surface area contributed by atoms with E-state index in [0.717, 1.165) is 12.3 Å². The van der Waals surface area contributed by atoms with Crippen LogP contribution in [0.15, 0.2) is 18.2 Å². The van der Waals surface area contributed by atoms with Crippen molar-refractivity contribution in [3.8, 4) is 0 Å². The average molecular weight is 270 g/mol. The van der Waals surface area contributed by atoms with E-state index in [0.29, 0.717) is 11.3 Å². The minimum atomic E-state index is -0.700. The second kappa shape index (κ2) is 6.61. The van der Waals surface area contributed by atoms with Gasteiger partial charge in [0.05, 0.1) is 11.0 Å². The molecule has 0 heterocycles. The van der Waals surface area contributed by atoms with Crippen molar-refractivity contribution in [2.24, 2.45) is 0 Å². The predicted molar refractivity (Wildman–Crippen MR) is 75.4 cm³/mol. The molecule has 1 rings (SSSR count). The lowest BCUT2D eigenvalue weighted by Crippen LogP contribution is -2.21. The van der Waals surface area contributed by atoms with Crippen molar-refractivity contribution in [2.45, 2.75) is 13.0 Å². The molecule has 1 N–H and O–H groups in total. The van der Waals surface area contributed by atoms with Crippen LogP contribution in [0.1, 0.15) is 18.6 Å². The second-order valence-electron chi connectivity index (χ2n) is 4.10. The van der Waals surface area contributed by atoms with Gasteiger partial charge in [-0.1, -0.05) is 6.07 Å². The van der Waals surface area contributed by atoms with Crippen LogP contribution in [0.3, 0.4) is 0 Å². The summed E-state index contributed by atoms with van der Waals surface area (Å²) in [5.74, 6) is 0.909. The Labute approximate surface area is 111 Å². The van der Waals surface area contributed by atoms with Gasteiger partial charge in [-0.25, -0.2) is 0 Å². The Kier molecular flexibility index (Phi) is 5.43. The van der Waals surface area contributed by atoms with Crippen molar-refractivity contribution in [2.75, 3.05) is 30.5 Å². The Morgan fingerprint density at radius 3 is 2.72 bits per heavy atom. The number of hydrogen-bond acceptors (Lipinski definition) is 5. The zero-order valence-electron chi connectivity index (χ0n) is 10.8. The van der Waals surface area contributed by atoms with E-state index in [4.69, 9.17) is 0 Å². The summed E-state index contributed by atoms with van der Waals surface area (Å²) in [5.41, 5.74) is 1.18. The maximum atomic E-state index is 11.1. The zero-order chi connectivity index (χ0) is 13.7. The highest BCUT2D eigenvalue weighted by Crippen LogP contribution is 2.30. The molecule has 5 nitrogen and oxygen atoms in total. The highest BCUT2D eigenvalue weighted by molar-refractivity contribution is 7.98. The summed E-state index contributed by atoms with van der Waals surface area (Å²) in [6.07, 6.45) is 1.30. The lowest BCUT2D eigenvalue weighted by atomic mass is 10.1. The first-order valence-corrected chi connectivity index (χ1v) is 7.03. The quantitative estimate of drug-likeness (QED) is 0.635. The molecule has 0 amide bonds. The fraction of sp³-hybridized carbons (Fsp3) is 0.500. The molecule has 0 aromatic heterocycles. The standard InChI is InChI=1S/C12H18N2O3S/c1-9(15)10-4-5-11(12(8-10)14(16)17)13(2)6-7-18-3/h4-5,8-9,15H,6-7H2,1-3H3/t9-/m1/s1. The number of nitrogens with zero attached hydrogens (tertiary/aromatic N) is 2. The highest BCUT2D eigenvalue weighted by atomic mass is 32.2. The number of nitro groups is 1. The molecule has 0 bridgehead atoms. The maximum absolute atomic E-state index is 11.1. The summed E-state index contributed by atoms with van der Waals surface area (Å²) in [4.78, 5) is 12.5. The molecule has 0 unspecified atom stereocenters. The van der Waals surface area contributed by atoms with Crippen molar-refractivity contribution in [3.63, 3.8) is 0 Å². The van der Waals surface area contributed by atoms with E-state index in [9.17, 15) is 15.2 Å². The number of nitro benzene ring substituents is 1. The van der Waals surface area contributed by atoms with Crippen LogP contribution >= 0.6 is 11.8 Å². The first kappa shape index (κ1) is 14.8. The number of thioether (sulfide) groups is 1. The van der Waals surface area contributed by atoms with Gasteiger partial charge in [0.25, 0.3) is 5.69 Å². The lowest BCUT2D eigenvalue weighted by Gasteiger charge is -2.19. The molecule has 0 saturated carbocycles. The molecule has 0 aliphatic heterocycles. The molecule has 0 saturated heterocycles. The molecular weight excluding hydrogens is 252 g/mol. The van der Waals surface area contributed by atoms with E-state index in [-0.39, 0.29) is 5.69 Å². The predicted octanol–water partition coefficient (Wildman–Crippen LogP) is 2.45. The van der Waals surface area contributed by atoms with E-state index in [2.05, 4.69) is 0 Å². The number of hydrogen-bond donors (Lipinski definition) is 1. The van der Waals surface area contributed by atoms with Crippen molar-refractivity contribution < 1.29 is 10.0 Å². The van der Waals surface area contributed by atoms with Crippen molar-refractivity contribution in [1.82, 2.24) is 0 Å². The van der Waals surface area contributed by atoms with Crippen molar-refractivity contribution >= 4 is 23.1 Å². The number of benzene rings is 1. The van der Waals surface area contributed by atoms with Gasteiger partial charge in [0.1, 0.15) is 5.69 Å². The van der Waals surface area contributed by atoms with Crippen LogP contribution in [0.5, 0.6) is 0 Å². The Hall–Kier alpha value is -1.27. The molecule has 0 radical (unpaired) electrons. The van der Waals surface area contributed by atoms with E-state index < -0.39 is 11.0 Å². The topological polar surface area (TPSA) is 66.6 Å². The monoisotopic (exact) mass is 270 g/mol. The van der Waals surface area contributed by atoms with Crippen molar-refractivity contribution in [1.29, 1.82) is 0 Å². The average Bonchev–Trinajstić information content (AvgIpc) is 2.34. The molecule has 1 aromatic rings. The summed E-state index contributed by atoms with van der Waals surface area (Å²) in [7, 11) is 1.83. The van der Waals surface area contributed by atoms with Gasteiger partial charge in [-0.15, -0.1) is 0 Å². The summed E-state index contributed by atoms with van der Waals surface area (Å²) in [5, 5.41) is 20.5. The van der Waals surface area contributed by atoms with Gasteiger partial charge < -0.3 is 10.0 Å². The first-order chi connectivity index (χ1) is 8.47. The summed E-state index contributed by atoms with van der Waals surface area (Å²) < 4.78 is 0. The molecule has 0 fully saturated rings. The van der Waals surface area contributed by atoms with Gasteiger partial charge in [-0.05, 0) is 24.8 Å². The van der Waals surface area contributed by atoms with Gasteiger partial charge >= 0.3 is 0 Å². The Bertz CT molecular complexity index is 424. The van der Waals surface area contributed by atoms with E-state index in [1.54, 1.807) is 30.8 Å². The summed E-state index contributed by atoms with van der Waals surface area (Å²) >= 11 is 1.70. The third-order valence-corrected chi connectivity index (χ3v) is 3.31. The van der Waals surface area contributed by atoms with Crippen LogP contribution < -0.4 is 4.90 Å². The van der Waals surface area contributed by atoms with Crippen LogP contribution in [0.25, 0.3) is 0 Å².